The van der Waals surface area contributed by atoms with Gasteiger partial charge in [0.1, 0.15) is 23.7 Å². The predicted octanol–water partition coefficient (Wildman–Crippen LogP) is 5.00. The van der Waals surface area contributed by atoms with Crippen LogP contribution in [-0.4, -0.2) is 28.0 Å². The van der Waals surface area contributed by atoms with Crippen LogP contribution in [0.1, 0.15) is 0 Å². The van der Waals surface area contributed by atoms with Gasteiger partial charge in [0, 0.05) is 28.9 Å². The number of methoxy groups -OCH3 is 1. The van der Waals surface area contributed by atoms with Crippen molar-refractivity contribution in [3.05, 3.63) is 79.3 Å². The third kappa shape index (κ3) is 4.22. The van der Waals surface area contributed by atoms with Crippen molar-refractivity contribution in [2.45, 2.75) is 0 Å². The van der Waals surface area contributed by atoms with Crippen molar-refractivity contribution in [2.24, 2.45) is 0 Å². The number of hydrogen-bond acceptors (Lipinski definition) is 6. The molecule has 9 heteroatoms. The van der Waals surface area contributed by atoms with E-state index in [9.17, 15) is 13.6 Å². The summed E-state index contributed by atoms with van der Waals surface area (Å²) in [6.45, 7) is 2.99. The van der Waals surface area contributed by atoms with Crippen LogP contribution in [-0.2, 0) is 4.79 Å². The summed E-state index contributed by atoms with van der Waals surface area (Å²) in [7, 11) is 1.42. The van der Waals surface area contributed by atoms with E-state index < -0.39 is 11.7 Å². The lowest BCUT2D eigenvalue weighted by atomic mass is 10.1. The van der Waals surface area contributed by atoms with Gasteiger partial charge in [0.05, 0.1) is 24.0 Å². The van der Waals surface area contributed by atoms with Gasteiger partial charge in [0.2, 0.25) is 0 Å². The molecule has 0 aliphatic carbocycles. The number of pyridine rings is 1. The van der Waals surface area contributed by atoms with Gasteiger partial charge < -0.3 is 15.4 Å². The molecule has 160 valence electrons. The fourth-order valence-corrected chi connectivity index (χ4v) is 3.10. The minimum atomic E-state index is -1.13. The molecule has 2 N–H and O–H groups in total. The molecular formula is C23H17F2N5O2. The smallest absolute Gasteiger partial charge is 0.283 e. The molecule has 32 heavy (non-hydrogen) atoms. The second-order valence-electron chi connectivity index (χ2n) is 6.69. The summed E-state index contributed by atoms with van der Waals surface area (Å²) in [6, 6.07) is 12.9. The molecular weight excluding hydrogens is 416 g/mol. The van der Waals surface area contributed by atoms with Crippen LogP contribution in [0.3, 0.4) is 0 Å². The molecule has 0 bridgehead atoms. The van der Waals surface area contributed by atoms with Gasteiger partial charge in [-0.2, -0.15) is 0 Å². The first kappa shape index (κ1) is 20.9. The number of rotatable bonds is 6. The van der Waals surface area contributed by atoms with Gasteiger partial charge in [-0.3, -0.25) is 9.78 Å². The molecule has 0 saturated heterocycles. The van der Waals surface area contributed by atoms with Crippen molar-refractivity contribution in [1.82, 2.24) is 15.0 Å². The maximum absolute atomic E-state index is 14.2. The predicted molar refractivity (Wildman–Crippen MR) is 118 cm³/mol. The number of fused-ring (bicyclic) bond motifs is 1. The molecule has 2 heterocycles. The van der Waals surface area contributed by atoms with Crippen LogP contribution in [0.5, 0.6) is 5.75 Å². The summed E-state index contributed by atoms with van der Waals surface area (Å²) < 4.78 is 32.6. The zero-order valence-electron chi connectivity index (χ0n) is 16.9. The highest BCUT2D eigenvalue weighted by Gasteiger charge is 2.15. The quantitative estimate of drug-likeness (QED) is 0.416. The maximum atomic E-state index is 14.2. The second-order valence-corrected chi connectivity index (χ2v) is 6.69. The lowest BCUT2D eigenvalue weighted by molar-refractivity contribution is -0.114. The number of carbonyl (C=O) groups is 1. The van der Waals surface area contributed by atoms with E-state index in [2.05, 4.69) is 32.2 Å². The highest BCUT2D eigenvalue weighted by Crippen LogP contribution is 2.33. The Bertz CT molecular complexity index is 1340. The largest absolute Gasteiger partial charge is 0.494 e. The van der Waals surface area contributed by atoms with Crippen LogP contribution >= 0.6 is 0 Å². The van der Waals surface area contributed by atoms with Crippen LogP contribution in [0.25, 0.3) is 22.2 Å². The lowest BCUT2D eigenvalue weighted by Gasteiger charge is -2.13. The number of anilines is 3. The average molecular weight is 433 g/mol. The van der Waals surface area contributed by atoms with E-state index in [-0.39, 0.29) is 11.5 Å². The van der Waals surface area contributed by atoms with E-state index in [0.29, 0.717) is 39.4 Å². The Hall–Kier alpha value is -4.40. The molecule has 7 nitrogen and oxygen atoms in total. The zero-order chi connectivity index (χ0) is 22.7. The van der Waals surface area contributed by atoms with Gasteiger partial charge in [-0.15, -0.1) is 0 Å². The Balaban J connectivity index is 1.74. The van der Waals surface area contributed by atoms with E-state index in [1.165, 1.54) is 19.5 Å². The molecule has 2 aromatic carbocycles. The fraction of sp³-hybridized carbons (Fsp3) is 0.0435. The van der Waals surface area contributed by atoms with Crippen molar-refractivity contribution in [3.8, 4) is 17.0 Å². The van der Waals surface area contributed by atoms with Gasteiger partial charge in [-0.1, -0.05) is 18.7 Å². The summed E-state index contributed by atoms with van der Waals surface area (Å²) in [5.41, 5.74) is 2.17. The number of aromatic nitrogens is 3. The van der Waals surface area contributed by atoms with Crippen LogP contribution in [0.4, 0.5) is 26.0 Å². The first-order valence-electron chi connectivity index (χ1n) is 9.42. The zero-order valence-corrected chi connectivity index (χ0v) is 16.9. The first-order chi connectivity index (χ1) is 15.5. The van der Waals surface area contributed by atoms with Crippen molar-refractivity contribution in [1.29, 1.82) is 0 Å². The number of nitrogens with zero attached hydrogens (tertiary/aromatic N) is 3. The number of nitrogens with one attached hydrogen (secondary N) is 2. The minimum Gasteiger partial charge on any atom is -0.494 e. The number of halogens is 2. The molecule has 0 atom stereocenters. The van der Waals surface area contributed by atoms with Gasteiger partial charge in [0.15, 0.2) is 5.83 Å². The van der Waals surface area contributed by atoms with Gasteiger partial charge in [-0.05, 0) is 30.3 Å². The summed E-state index contributed by atoms with van der Waals surface area (Å²) >= 11 is 0. The molecule has 0 aliphatic rings. The van der Waals surface area contributed by atoms with Crippen LogP contribution in [0.15, 0.2) is 73.5 Å². The van der Waals surface area contributed by atoms with Gasteiger partial charge in [0.25, 0.3) is 5.91 Å². The number of hydrogen-bond donors (Lipinski definition) is 2. The van der Waals surface area contributed by atoms with E-state index in [0.717, 1.165) is 0 Å². The highest BCUT2D eigenvalue weighted by molar-refractivity contribution is 6.05. The maximum Gasteiger partial charge on any atom is 0.283 e. The summed E-state index contributed by atoms with van der Waals surface area (Å²) in [5.74, 6) is -1.79. The lowest BCUT2D eigenvalue weighted by Crippen LogP contribution is -2.12. The normalized spacial score (nSPS) is 10.6. The molecule has 0 saturated carbocycles. The first-order valence-corrected chi connectivity index (χ1v) is 9.42. The molecule has 0 fully saturated rings. The number of carbonyl (C=O) groups excluding carboxylic acids is 1. The molecule has 0 aliphatic heterocycles. The Morgan fingerprint density at radius 3 is 2.66 bits per heavy atom. The molecule has 0 radical (unpaired) electrons. The SMILES string of the molecule is C=C(F)C(=O)Nc1cc2c(Nc3ccnc(-c4ccccc4F)c3)ncnc2cc1OC. The number of ether oxygens (including phenoxy) is 1. The van der Waals surface area contributed by atoms with Crippen molar-refractivity contribution in [3.63, 3.8) is 0 Å². The summed E-state index contributed by atoms with van der Waals surface area (Å²) in [5, 5.41) is 6.11. The van der Waals surface area contributed by atoms with Gasteiger partial charge in [-0.25, -0.2) is 18.7 Å². The van der Waals surface area contributed by atoms with E-state index >= 15 is 0 Å². The Labute approximate surface area is 181 Å². The summed E-state index contributed by atoms with van der Waals surface area (Å²) in [6.07, 6.45) is 2.92. The van der Waals surface area contributed by atoms with Crippen LogP contribution in [0, 0.1) is 5.82 Å². The monoisotopic (exact) mass is 433 g/mol. The molecule has 0 spiro atoms. The fourth-order valence-electron chi connectivity index (χ4n) is 3.10. The standard InChI is InChI=1S/C23H17F2N5O2/c1-13(24)23(31)30-20-10-16-19(11-21(20)32-2)27-12-28-22(16)29-14-7-8-26-18(9-14)15-5-3-4-6-17(15)25/h3-12H,1H2,2H3,(H,30,31)(H,26,27,28,29). The molecule has 0 unspecified atom stereocenters. The van der Waals surface area contributed by atoms with Crippen molar-refractivity contribution >= 4 is 34.0 Å². The average Bonchev–Trinajstić information content (AvgIpc) is 2.79. The van der Waals surface area contributed by atoms with E-state index in [1.54, 1.807) is 48.7 Å². The number of amides is 1. The Kier molecular flexibility index (Phi) is 5.71. The molecule has 4 rings (SSSR count). The van der Waals surface area contributed by atoms with E-state index in [4.69, 9.17) is 4.74 Å². The topological polar surface area (TPSA) is 89.0 Å². The molecule has 1 amide bonds. The summed E-state index contributed by atoms with van der Waals surface area (Å²) in [4.78, 5) is 24.5. The van der Waals surface area contributed by atoms with E-state index in [1.807, 2.05) is 0 Å². The van der Waals surface area contributed by atoms with Crippen molar-refractivity contribution in [2.75, 3.05) is 17.7 Å². The third-order valence-electron chi connectivity index (χ3n) is 4.62. The second kappa shape index (κ2) is 8.76. The minimum absolute atomic E-state index is 0.225. The van der Waals surface area contributed by atoms with Crippen molar-refractivity contribution < 1.29 is 18.3 Å². The van der Waals surface area contributed by atoms with Gasteiger partial charge >= 0.3 is 0 Å². The Morgan fingerprint density at radius 2 is 1.91 bits per heavy atom. The Morgan fingerprint density at radius 1 is 1.09 bits per heavy atom. The van der Waals surface area contributed by atoms with Crippen LogP contribution in [0.2, 0.25) is 0 Å². The number of benzene rings is 2. The molecule has 2 aromatic heterocycles. The molecule has 4 aromatic rings. The third-order valence-corrected chi connectivity index (χ3v) is 4.62. The van der Waals surface area contributed by atoms with Crippen LogP contribution < -0.4 is 15.4 Å². The highest BCUT2D eigenvalue weighted by atomic mass is 19.1.